The van der Waals surface area contributed by atoms with Gasteiger partial charge in [-0.05, 0) is 69.7 Å². The van der Waals surface area contributed by atoms with Crippen molar-refractivity contribution in [1.82, 2.24) is 15.5 Å². The molecule has 0 saturated carbocycles. The molecular formula is C24H37N5O7. The van der Waals surface area contributed by atoms with E-state index in [4.69, 9.17) is 11.5 Å². The number of carbonyl (C=O) groups excluding carboxylic acids is 3. The minimum absolute atomic E-state index is 0.0750. The summed E-state index contributed by atoms with van der Waals surface area (Å²) in [5.41, 5.74) is 12.1. The van der Waals surface area contributed by atoms with E-state index in [1.165, 1.54) is 24.0 Å². The first-order chi connectivity index (χ1) is 17.0. The molecule has 36 heavy (non-hydrogen) atoms. The average molecular weight is 508 g/mol. The van der Waals surface area contributed by atoms with Crippen LogP contribution >= 0.6 is 0 Å². The van der Waals surface area contributed by atoms with E-state index in [0.717, 1.165) is 0 Å². The fourth-order valence-corrected chi connectivity index (χ4v) is 4.13. The van der Waals surface area contributed by atoms with Crippen molar-refractivity contribution in [3.63, 3.8) is 0 Å². The second kappa shape index (κ2) is 13.8. The number of nitrogens with one attached hydrogen (secondary N) is 2. The van der Waals surface area contributed by atoms with Gasteiger partial charge >= 0.3 is 5.97 Å². The van der Waals surface area contributed by atoms with Gasteiger partial charge in [0.1, 0.15) is 23.9 Å². The van der Waals surface area contributed by atoms with Crippen LogP contribution in [0, 0.1) is 0 Å². The summed E-state index contributed by atoms with van der Waals surface area (Å²) in [5.74, 6) is -3.00. The van der Waals surface area contributed by atoms with Gasteiger partial charge in [0.2, 0.25) is 17.7 Å². The first kappa shape index (κ1) is 29.0. The summed E-state index contributed by atoms with van der Waals surface area (Å²) in [6, 6.07) is 1.79. The number of aliphatic hydroxyl groups excluding tert-OH is 1. The molecule has 2 rings (SSSR count). The first-order valence-electron chi connectivity index (χ1n) is 12.1. The standard InChI is InChI=1S/C24H37N5O7/c1-14(30)20(28-21(32)17(26)13-15-7-9-16(31)10-8-15)23(34)29-12-4-6-19(29)22(33)27-18(24(35)36)5-2-3-11-25/h7-10,14,17-20,30-31H,2-6,11-13,25-26H2,1H3,(H,27,33)(H,28,32)(H,35,36). The van der Waals surface area contributed by atoms with Gasteiger partial charge in [0.05, 0.1) is 12.1 Å². The molecule has 12 nitrogen and oxygen atoms in total. The van der Waals surface area contributed by atoms with E-state index in [1.54, 1.807) is 12.1 Å². The van der Waals surface area contributed by atoms with Crippen LogP contribution in [0.1, 0.15) is 44.6 Å². The molecule has 12 heteroatoms. The summed E-state index contributed by atoms with van der Waals surface area (Å²) in [4.78, 5) is 51.6. The Morgan fingerprint density at radius 1 is 1.14 bits per heavy atom. The van der Waals surface area contributed by atoms with Gasteiger partial charge in [-0.15, -0.1) is 0 Å². The van der Waals surface area contributed by atoms with Crippen LogP contribution in [-0.4, -0.2) is 87.3 Å². The topological polar surface area (TPSA) is 208 Å². The van der Waals surface area contributed by atoms with Crippen LogP contribution in [0.2, 0.25) is 0 Å². The minimum Gasteiger partial charge on any atom is -0.508 e. The van der Waals surface area contributed by atoms with Crippen molar-refractivity contribution in [2.45, 2.75) is 75.7 Å². The first-order valence-corrected chi connectivity index (χ1v) is 12.1. The molecule has 1 fully saturated rings. The number of hydrogen-bond donors (Lipinski definition) is 7. The van der Waals surface area contributed by atoms with E-state index in [-0.39, 0.29) is 25.1 Å². The third-order valence-corrected chi connectivity index (χ3v) is 6.17. The van der Waals surface area contributed by atoms with Crippen LogP contribution in [0.4, 0.5) is 0 Å². The number of carboxylic acids is 1. The van der Waals surface area contributed by atoms with Crippen molar-refractivity contribution in [2.24, 2.45) is 11.5 Å². The Hall–Kier alpha value is -3.22. The summed E-state index contributed by atoms with van der Waals surface area (Å²) in [6.45, 7) is 1.98. The monoisotopic (exact) mass is 507 g/mol. The molecule has 0 spiro atoms. The van der Waals surface area contributed by atoms with Crippen molar-refractivity contribution in [3.8, 4) is 5.75 Å². The number of aromatic hydroxyl groups is 1. The van der Waals surface area contributed by atoms with Crippen LogP contribution in [-0.2, 0) is 25.6 Å². The van der Waals surface area contributed by atoms with Gasteiger partial charge in [0, 0.05) is 6.54 Å². The Morgan fingerprint density at radius 3 is 2.39 bits per heavy atom. The highest BCUT2D eigenvalue weighted by molar-refractivity contribution is 5.94. The lowest BCUT2D eigenvalue weighted by Gasteiger charge is -2.31. The van der Waals surface area contributed by atoms with Crippen molar-refractivity contribution < 1.29 is 34.5 Å². The number of unbranched alkanes of at least 4 members (excludes halogenated alkanes) is 1. The van der Waals surface area contributed by atoms with Crippen molar-refractivity contribution >= 4 is 23.7 Å². The van der Waals surface area contributed by atoms with Gasteiger partial charge in [-0.2, -0.15) is 0 Å². The third kappa shape index (κ3) is 8.18. The number of phenols is 1. The maximum absolute atomic E-state index is 13.3. The third-order valence-electron chi connectivity index (χ3n) is 6.17. The Labute approximate surface area is 210 Å². The molecule has 3 amide bonds. The van der Waals surface area contributed by atoms with Crippen LogP contribution in [0.15, 0.2) is 24.3 Å². The Morgan fingerprint density at radius 2 is 1.81 bits per heavy atom. The molecule has 0 aromatic heterocycles. The van der Waals surface area contributed by atoms with Crippen molar-refractivity contribution in [1.29, 1.82) is 0 Å². The summed E-state index contributed by atoms with van der Waals surface area (Å²) in [7, 11) is 0. The molecule has 1 saturated heterocycles. The predicted molar refractivity (Wildman–Crippen MR) is 131 cm³/mol. The molecule has 5 unspecified atom stereocenters. The number of carbonyl (C=O) groups is 4. The Balaban J connectivity index is 2.04. The van der Waals surface area contributed by atoms with Gasteiger partial charge in [0.25, 0.3) is 0 Å². The molecule has 1 aromatic rings. The molecule has 1 aromatic carbocycles. The molecule has 1 aliphatic heterocycles. The van der Waals surface area contributed by atoms with E-state index < -0.39 is 54.0 Å². The number of amides is 3. The lowest BCUT2D eigenvalue weighted by atomic mass is 10.0. The molecule has 1 aliphatic rings. The van der Waals surface area contributed by atoms with Gasteiger partial charge in [0.15, 0.2) is 0 Å². The van der Waals surface area contributed by atoms with Gasteiger partial charge in [-0.1, -0.05) is 12.1 Å². The molecule has 0 radical (unpaired) electrons. The smallest absolute Gasteiger partial charge is 0.326 e. The van der Waals surface area contributed by atoms with Crippen LogP contribution in [0.3, 0.4) is 0 Å². The summed E-state index contributed by atoms with van der Waals surface area (Å²) < 4.78 is 0. The van der Waals surface area contributed by atoms with Gasteiger partial charge < -0.3 is 42.3 Å². The highest BCUT2D eigenvalue weighted by atomic mass is 16.4. The van der Waals surface area contributed by atoms with Gasteiger partial charge in [-0.25, -0.2) is 4.79 Å². The fraction of sp³-hybridized carbons (Fsp3) is 0.583. The van der Waals surface area contributed by atoms with E-state index in [1.807, 2.05) is 0 Å². The Kier molecular flexibility index (Phi) is 11.1. The summed E-state index contributed by atoms with van der Waals surface area (Å²) in [5, 5.41) is 34.0. The molecule has 1 heterocycles. The second-order valence-electron chi connectivity index (χ2n) is 9.08. The summed E-state index contributed by atoms with van der Waals surface area (Å²) >= 11 is 0. The number of carboxylic acid groups (broad SMARTS) is 1. The lowest BCUT2D eigenvalue weighted by Crippen LogP contribution is -2.59. The number of benzene rings is 1. The number of aliphatic hydroxyl groups is 1. The molecule has 0 bridgehead atoms. The lowest BCUT2D eigenvalue weighted by molar-refractivity contribution is -0.146. The largest absolute Gasteiger partial charge is 0.508 e. The Bertz CT molecular complexity index is 909. The quantitative estimate of drug-likeness (QED) is 0.160. The zero-order valence-corrected chi connectivity index (χ0v) is 20.4. The SMILES string of the molecule is CC(O)C(NC(=O)C(N)Cc1ccc(O)cc1)C(=O)N1CCCC1C(=O)NC(CCCCN)C(=O)O. The average Bonchev–Trinajstić information content (AvgIpc) is 3.32. The molecule has 5 atom stereocenters. The molecular weight excluding hydrogens is 470 g/mol. The number of nitrogens with two attached hydrogens (primary N) is 2. The molecule has 0 aliphatic carbocycles. The number of phenolic OH excluding ortho intramolecular Hbond substituents is 1. The van der Waals surface area contributed by atoms with Gasteiger partial charge in [-0.3, -0.25) is 14.4 Å². The van der Waals surface area contributed by atoms with E-state index in [2.05, 4.69) is 10.6 Å². The summed E-state index contributed by atoms with van der Waals surface area (Å²) in [6.07, 6.45) is 1.07. The zero-order valence-electron chi connectivity index (χ0n) is 20.4. The highest BCUT2D eigenvalue weighted by Crippen LogP contribution is 2.20. The number of likely N-dealkylation sites (tertiary alicyclic amines) is 1. The van der Waals surface area contributed by atoms with Crippen molar-refractivity contribution in [2.75, 3.05) is 13.1 Å². The number of hydrogen-bond acceptors (Lipinski definition) is 8. The maximum atomic E-state index is 13.3. The number of rotatable bonds is 13. The van der Waals surface area contributed by atoms with Crippen molar-refractivity contribution in [3.05, 3.63) is 29.8 Å². The maximum Gasteiger partial charge on any atom is 0.326 e. The normalized spacial score (nSPS) is 18.7. The van der Waals surface area contributed by atoms with Crippen LogP contribution < -0.4 is 22.1 Å². The van der Waals surface area contributed by atoms with E-state index in [0.29, 0.717) is 37.8 Å². The predicted octanol–water partition coefficient (Wildman–Crippen LogP) is -1.18. The number of nitrogens with zero attached hydrogens (tertiary/aromatic N) is 1. The molecule has 9 N–H and O–H groups in total. The fourth-order valence-electron chi connectivity index (χ4n) is 4.13. The van der Waals surface area contributed by atoms with Crippen LogP contribution in [0.5, 0.6) is 5.75 Å². The van der Waals surface area contributed by atoms with E-state index >= 15 is 0 Å². The van der Waals surface area contributed by atoms with E-state index in [9.17, 15) is 34.5 Å². The highest BCUT2D eigenvalue weighted by Gasteiger charge is 2.40. The minimum atomic E-state index is -1.34. The number of aliphatic carboxylic acids is 1. The molecule has 200 valence electrons. The zero-order chi connectivity index (χ0) is 26.8. The van der Waals surface area contributed by atoms with Crippen LogP contribution in [0.25, 0.3) is 0 Å². The second-order valence-corrected chi connectivity index (χ2v) is 9.08.